The summed E-state index contributed by atoms with van der Waals surface area (Å²) in [4.78, 5) is 13.8. The molecule has 1 aliphatic rings. The molecule has 1 amide bonds. The number of carbonyl (C=O) groups excluding carboxylic acids is 1. The fourth-order valence-corrected chi connectivity index (χ4v) is 4.07. The van der Waals surface area contributed by atoms with Crippen LogP contribution in [0.3, 0.4) is 0 Å². The van der Waals surface area contributed by atoms with Crippen molar-refractivity contribution in [1.29, 1.82) is 0 Å². The summed E-state index contributed by atoms with van der Waals surface area (Å²) < 4.78 is 26.7. The number of amides is 1. The van der Waals surface area contributed by atoms with E-state index >= 15 is 0 Å². The van der Waals surface area contributed by atoms with Gasteiger partial charge in [-0.05, 0) is 43.0 Å². The standard InChI is InChI=1S/C21H24F2N2OS/c22-18-8-9-19(23)20(12-18)27-15-21(26)24-13-16-4-6-17(7-5-16)14-25-10-2-1-3-11-25/h4-9,12H,1-3,10-11,13-15H2,(H,24,26)/p+1. The van der Waals surface area contributed by atoms with Crippen molar-refractivity contribution in [2.24, 2.45) is 0 Å². The van der Waals surface area contributed by atoms with Gasteiger partial charge in [-0.3, -0.25) is 4.79 Å². The SMILES string of the molecule is O=C(CSc1cc(F)ccc1F)NCc1ccc(C[NH+]2CCCCC2)cc1. The Kier molecular flexibility index (Phi) is 7.24. The maximum atomic E-state index is 13.6. The van der Waals surface area contributed by atoms with Crippen LogP contribution in [0.2, 0.25) is 0 Å². The van der Waals surface area contributed by atoms with Gasteiger partial charge in [-0.15, -0.1) is 11.8 Å². The second-order valence-electron chi connectivity index (χ2n) is 6.94. The van der Waals surface area contributed by atoms with Gasteiger partial charge in [0.2, 0.25) is 5.91 Å². The van der Waals surface area contributed by atoms with Crippen molar-refractivity contribution in [3.63, 3.8) is 0 Å². The van der Waals surface area contributed by atoms with Gasteiger partial charge in [-0.25, -0.2) is 8.78 Å². The largest absolute Gasteiger partial charge is 0.351 e. The van der Waals surface area contributed by atoms with Gasteiger partial charge in [-0.1, -0.05) is 24.3 Å². The van der Waals surface area contributed by atoms with Crippen molar-refractivity contribution in [2.75, 3.05) is 18.8 Å². The Morgan fingerprint density at radius 2 is 1.70 bits per heavy atom. The molecular formula is C21H25F2N2OS+. The summed E-state index contributed by atoms with van der Waals surface area (Å²) in [6.07, 6.45) is 3.99. The molecule has 2 aromatic rings. The normalized spacial score (nSPS) is 14.9. The lowest BCUT2D eigenvalue weighted by molar-refractivity contribution is -0.918. The van der Waals surface area contributed by atoms with E-state index in [0.717, 1.165) is 42.1 Å². The number of likely N-dealkylation sites (tertiary alicyclic amines) is 1. The fraction of sp³-hybridized carbons (Fsp3) is 0.381. The van der Waals surface area contributed by atoms with Crippen LogP contribution in [0.15, 0.2) is 47.4 Å². The van der Waals surface area contributed by atoms with E-state index in [1.807, 2.05) is 12.1 Å². The second-order valence-corrected chi connectivity index (χ2v) is 7.96. The number of benzene rings is 2. The number of hydrogen-bond acceptors (Lipinski definition) is 2. The fourth-order valence-electron chi connectivity index (χ4n) is 3.27. The molecule has 0 bridgehead atoms. The minimum absolute atomic E-state index is 0.0524. The lowest BCUT2D eigenvalue weighted by atomic mass is 10.1. The van der Waals surface area contributed by atoms with Gasteiger partial charge < -0.3 is 10.2 Å². The Labute approximate surface area is 163 Å². The van der Waals surface area contributed by atoms with Crippen LogP contribution in [0, 0.1) is 11.6 Å². The molecule has 3 rings (SSSR count). The molecule has 144 valence electrons. The average Bonchev–Trinajstić information content (AvgIpc) is 2.69. The average molecular weight is 392 g/mol. The van der Waals surface area contributed by atoms with Crippen LogP contribution in [0.4, 0.5) is 8.78 Å². The first-order valence-corrected chi connectivity index (χ1v) is 10.3. The third kappa shape index (κ3) is 6.33. The number of halogens is 2. The van der Waals surface area contributed by atoms with E-state index in [1.54, 1.807) is 4.90 Å². The minimum atomic E-state index is -0.513. The van der Waals surface area contributed by atoms with Crippen LogP contribution in [0.5, 0.6) is 0 Å². The summed E-state index contributed by atoms with van der Waals surface area (Å²) in [5.41, 5.74) is 2.35. The molecule has 2 N–H and O–H groups in total. The number of thioether (sulfide) groups is 1. The van der Waals surface area contributed by atoms with Crippen LogP contribution < -0.4 is 10.2 Å². The lowest BCUT2D eigenvalue weighted by Gasteiger charge is -2.23. The molecule has 0 radical (unpaired) electrons. The predicted molar refractivity (Wildman–Crippen MR) is 104 cm³/mol. The summed E-state index contributed by atoms with van der Waals surface area (Å²) in [6.45, 7) is 3.99. The first-order chi connectivity index (χ1) is 13.1. The Morgan fingerprint density at radius 1 is 1.00 bits per heavy atom. The van der Waals surface area contributed by atoms with Crippen molar-refractivity contribution in [1.82, 2.24) is 5.32 Å². The number of rotatable bonds is 7. The van der Waals surface area contributed by atoms with E-state index in [-0.39, 0.29) is 16.6 Å². The van der Waals surface area contributed by atoms with Gasteiger partial charge in [0.05, 0.1) is 18.8 Å². The lowest BCUT2D eigenvalue weighted by Crippen LogP contribution is -3.11. The predicted octanol–water partition coefficient (Wildman–Crippen LogP) is 2.94. The highest BCUT2D eigenvalue weighted by Gasteiger charge is 2.13. The first kappa shape index (κ1) is 19.8. The van der Waals surface area contributed by atoms with Crippen LogP contribution in [-0.4, -0.2) is 24.7 Å². The summed E-state index contributed by atoms with van der Waals surface area (Å²) in [7, 11) is 0. The highest BCUT2D eigenvalue weighted by molar-refractivity contribution is 8.00. The van der Waals surface area contributed by atoms with Gasteiger partial charge in [0.25, 0.3) is 0 Å². The topological polar surface area (TPSA) is 33.5 Å². The number of hydrogen-bond donors (Lipinski definition) is 2. The van der Waals surface area contributed by atoms with Crippen molar-refractivity contribution >= 4 is 17.7 Å². The number of nitrogens with one attached hydrogen (secondary N) is 2. The molecule has 1 heterocycles. The Morgan fingerprint density at radius 3 is 2.44 bits per heavy atom. The first-order valence-electron chi connectivity index (χ1n) is 9.36. The van der Waals surface area contributed by atoms with Crippen molar-refractivity contribution in [3.05, 3.63) is 65.2 Å². The summed E-state index contributed by atoms with van der Waals surface area (Å²) in [6, 6.07) is 11.6. The van der Waals surface area contributed by atoms with Crippen LogP contribution in [0.25, 0.3) is 0 Å². The van der Waals surface area contributed by atoms with Crippen LogP contribution >= 0.6 is 11.8 Å². The van der Waals surface area contributed by atoms with E-state index < -0.39 is 11.6 Å². The Hall–Kier alpha value is -1.92. The molecular weight excluding hydrogens is 366 g/mol. The summed E-state index contributed by atoms with van der Waals surface area (Å²) in [5.74, 6) is -1.17. The van der Waals surface area contributed by atoms with E-state index in [4.69, 9.17) is 0 Å². The molecule has 0 aromatic heterocycles. The van der Waals surface area contributed by atoms with E-state index in [0.29, 0.717) is 6.54 Å². The third-order valence-corrected chi connectivity index (χ3v) is 5.81. The monoisotopic (exact) mass is 391 g/mol. The molecule has 0 unspecified atom stereocenters. The maximum Gasteiger partial charge on any atom is 0.230 e. The molecule has 0 spiro atoms. The zero-order valence-corrected chi connectivity index (χ0v) is 16.1. The Bertz CT molecular complexity index is 761. The number of quaternary nitrogens is 1. The van der Waals surface area contributed by atoms with Gasteiger partial charge >= 0.3 is 0 Å². The quantitative estimate of drug-likeness (QED) is 0.712. The maximum absolute atomic E-state index is 13.6. The van der Waals surface area contributed by atoms with Crippen LogP contribution in [0.1, 0.15) is 30.4 Å². The molecule has 3 nitrogen and oxygen atoms in total. The summed E-state index contributed by atoms with van der Waals surface area (Å²) >= 11 is 0.997. The molecule has 0 atom stereocenters. The van der Waals surface area contributed by atoms with Gasteiger partial charge in [0.15, 0.2) is 0 Å². The second kappa shape index (κ2) is 9.85. The minimum Gasteiger partial charge on any atom is -0.351 e. The molecule has 1 aliphatic heterocycles. The van der Waals surface area contributed by atoms with Gasteiger partial charge in [-0.2, -0.15) is 0 Å². The molecule has 2 aromatic carbocycles. The molecule has 6 heteroatoms. The zero-order valence-electron chi connectivity index (χ0n) is 15.3. The smallest absolute Gasteiger partial charge is 0.230 e. The molecule has 27 heavy (non-hydrogen) atoms. The molecule has 0 aliphatic carbocycles. The Balaban J connectivity index is 1.42. The summed E-state index contributed by atoms with van der Waals surface area (Å²) in [5, 5.41) is 2.82. The van der Waals surface area contributed by atoms with Gasteiger partial charge in [0, 0.05) is 17.0 Å². The van der Waals surface area contributed by atoms with Crippen molar-refractivity contribution < 1.29 is 18.5 Å². The van der Waals surface area contributed by atoms with E-state index in [9.17, 15) is 13.6 Å². The van der Waals surface area contributed by atoms with E-state index in [1.165, 1.54) is 37.9 Å². The van der Waals surface area contributed by atoms with E-state index in [2.05, 4.69) is 17.4 Å². The van der Waals surface area contributed by atoms with Gasteiger partial charge in [0.1, 0.15) is 18.2 Å². The third-order valence-electron chi connectivity index (χ3n) is 4.78. The number of piperidine rings is 1. The molecule has 0 saturated carbocycles. The molecule has 1 saturated heterocycles. The van der Waals surface area contributed by atoms with Crippen molar-refractivity contribution in [3.8, 4) is 0 Å². The highest BCUT2D eigenvalue weighted by atomic mass is 32.2. The highest BCUT2D eigenvalue weighted by Crippen LogP contribution is 2.22. The van der Waals surface area contributed by atoms with Crippen molar-refractivity contribution in [2.45, 2.75) is 37.2 Å². The van der Waals surface area contributed by atoms with Crippen LogP contribution in [-0.2, 0) is 17.9 Å². The number of carbonyl (C=O) groups is 1. The zero-order chi connectivity index (χ0) is 19.1. The molecule has 1 fully saturated rings.